The van der Waals surface area contributed by atoms with Gasteiger partial charge in [0, 0.05) is 18.0 Å². The van der Waals surface area contributed by atoms with Crippen LogP contribution in [0.15, 0.2) is 29.6 Å². The number of fused-ring (bicyclic) bond motifs is 1. The second-order valence-electron chi connectivity index (χ2n) is 4.63. The summed E-state index contributed by atoms with van der Waals surface area (Å²) < 4.78 is 0.931. The molecule has 0 atom stereocenters. The van der Waals surface area contributed by atoms with Crippen molar-refractivity contribution in [2.75, 3.05) is 0 Å². The summed E-state index contributed by atoms with van der Waals surface area (Å²) in [4.78, 5) is 34.2. The van der Waals surface area contributed by atoms with E-state index in [-0.39, 0.29) is 6.42 Å². The molecule has 0 spiro atoms. The van der Waals surface area contributed by atoms with E-state index in [2.05, 4.69) is 5.32 Å². The highest BCUT2D eigenvalue weighted by molar-refractivity contribution is 7.17. The maximum atomic E-state index is 11.5. The first kappa shape index (κ1) is 15.0. The average Bonchev–Trinajstić information content (AvgIpc) is 2.80. The lowest BCUT2D eigenvalue weighted by Gasteiger charge is -2.25. The lowest BCUT2D eigenvalue weighted by atomic mass is 9.90. The van der Waals surface area contributed by atoms with Crippen molar-refractivity contribution in [2.24, 2.45) is 0 Å². The van der Waals surface area contributed by atoms with Gasteiger partial charge in [0.15, 0.2) is 0 Å². The Kier molecular flexibility index (Phi) is 3.95. The van der Waals surface area contributed by atoms with Crippen molar-refractivity contribution >= 4 is 39.3 Å². The van der Waals surface area contributed by atoms with Crippen LogP contribution in [-0.2, 0) is 20.8 Å². The van der Waals surface area contributed by atoms with Crippen LogP contribution in [0.1, 0.15) is 12.5 Å². The number of nitrogens with one attached hydrogen (secondary N) is 1. The van der Waals surface area contributed by atoms with E-state index in [0.29, 0.717) is 5.56 Å². The molecule has 1 aromatic heterocycles. The van der Waals surface area contributed by atoms with Gasteiger partial charge in [-0.3, -0.25) is 4.79 Å². The molecule has 21 heavy (non-hydrogen) atoms. The lowest BCUT2D eigenvalue weighted by molar-refractivity contribution is -0.161. The number of thiophene rings is 1. The van der Waals surface area contributed by atoms with E-state index in [1.165, 1.54) is 11.3 Å². The molecule has 0 aliphatic heterocycles. The summed E-state index contributed by atoms with van der Waals surface area (Å²) in [6.07, 6.45) is -0.318. The third-order valence-electron chi connectivity index (χ3n) is 3.14. The molecular weight excluding hydrogens is 294 g/mol. The van der Waals surface area contributed by atoms with Gasteiger partial charge in [0.05, 0.1) is 0 Å². The number of hydrogen-bond acceptors (Lipinski definition) is 4. The summed E-state index contributed by atoms with van der Waals surface area (Å²) in [6.45, 7) is 1.09. The molecule has 6 nitrogen and oxygen atoms in total. The Balaban J connectivity index is 2.50. The molecule has 1 amide bonds. The SMILES string of the molecule is CC(=O)NC(Cc1csc2ccccc12)(C(=O)O)C(=O)O. The first-order valence-corrected chi connectivity index (χ1v) is 6.95. The van der Waals surface area contributed by atoms with Gasteiger partial charge in [-0.1, -0.05) is 18.2 Å². The minimum atomic E-state index is -2.37. The Bertz CT molecular complexity index is 707. The number of aliphatic carboxylic acids is 2. The Morgan fingerprint density at radius 2 is 1.81 bits per heavy atom. The van der Waals surface area contributed by atoms with E-state index < -0.39 is 23.4 Å². The van der Waals surface area contributed by atoms with Crippen LogP contribution in [0, 0.1) is 0 Å². The highest BCUT2D eigenvalue weighted by Gasteiger charge is 2.48. The van der Waals surface area contributed by atoms with Gasteiger partial charge >= 0.3 is 11.9 Å². The van der Waals surface area contributed by atoms with Gasteiger partial charge in [0.1, 0.15) is 0 Å². The number of benzene rings is 1. The molecule has 0 fully saturated rings. The number of rotatable bonds is 5. The van der Waals surface area contributed by atoms with Gasteiger partial charge in [0.25, 0.3) is 0 Å². The second kappa shape index (κ2) is 5.53. The molecule has 0 saturated heterocycles. The molecule has 2 rings (SSSR count). The van der Waals surface area contributed by atoms with Crippen molar-refractivity contribution < 1.29 is 24.6 Å². The minimum absolute atomic E-state index is 0.318. The number of carboxylic acid groups (broad SMARTS) is 2. The van der Waals surface area contributed by atoms with E-state index in [0.717, 1.165) is 17.0 Å². The Morgan fingerprint density at radius 1 is 1.19 bits per heavy atom. The molecule has 0 bridgehead atoms. The number of carboxylic acids is 2. The lowest BCUT2D eigenvalue weighted by Crippen LogP contribution is -2.61. The van der Waals surface area contributed by atoms with Crippen molar-refractivity contribution in [1.82, 2.24) is 5.32 Å². The van der Waals surface area contributed by atoms with E-state index in [1.54, 1.807) is 17.5 Å². The fourth-order valence-corrected chi connectivity index (χ4v) is 3.11. The fourth-order valence-electron chi connectivity index (χ4n) is 2.15. The van der Waals surface area contributed by atoms with Crippen LogP contribution in [0.2, 0.25) is 0 Å². The van der Waals surface area contributed by atoms with Crippen LogP contribution in [0.3, 0.4) is 0 Å². The molecule has 0 aliphatic rings. The maximum Gasteiger partial charge on any atom is 0.341 e. The molecule has 0 unspecified atom stereocenters. The monoisotopic (exact) mass is 307 g/mol. The molecule has 0 saturated carbocycles. The zero-order valence-electron chi connectivity index (χ0n) is 11.1. The van der Waals surface area contributed by atoms with Gasteiger partial charge in [-0.15, -0.1) is 11.3 Å². The van der Waals surface area contributed by atoms with Gasteiger partial charge in [-0.05, 0) is 22.4 Å². The quantitative estimate of drug-likeness (QED) is 0.726. The van der Waals surface area contributed by atoms with Crippen LogP contribution in [0.5, 0.6) is 0 Å². The Morgan fingerprint density at radius 3 is 2.38 bits per heavy atom. The van der Waals surface area contributed by atoms with Crippen LogP contribution < -0.4 is 5.32 Å². The molecule has 0 radical (unpaired) electrons. The second-order valence-corrected chi connectivity index (χ2v) is 5.54. The molecule has 2 aromatic rings. The molecule has 1 aromatic carbocycles. The summed E-state index contributed by atoms with van der Waals surface area (Å²) in [6, 6.07) is 7.30. The molecule has 3 N–H and O–H groups in total. The van der Waals surface area contributed by atoms with E-state index in [4.69, 9.17) is 0 Å². The van der Waals surface area contributed by atoms with Crippen LogP contribution in [0.25, 0.3) is 10.1 Å². The zero-order chi connectivity index (χ0) is 15.6. The van der Waals surface area contributed by atoms with Crippen LogP contribution >= 0.6 is 11.3 Å². The van der Waals surface area contributed by atoms with Crippen molar-refractivity contribution in [1.29, 1.82) is 0 Å². The Hall–Kier alpha value is -2.41. The smallest absolute Gasteiger partial charge is 0.341 e. The fraction of sp³-hybridized carbons (Fsp3) is 0.214. The number of hydrogen-bond donors (Lipinski definition) is 3. The van der Waals surface area contributed by atoms with Gasteiger partial charge < -0.3 is 15.5 Å². The third-order valence-corrected chi connectivity index (χ3v) is 4.15. The largest absolute Gasteiger partial charge is 0.479 e. The first-order valence-electron chi connectivity index (χ1n) is 6.07. The van der Waals surface area contributed by atoms with Gasteiger partial charge in [-0.2, -0.15) is 0 Å². The summed E-state index contributed by atoms with van der Waals surface area (Å²) in [5.41, 5.74) is -1.79. The molecular formula is C14H13NO5S. The van der Waals surface area contributed by atoms with Gasteiger partial charge in [-0.25, -0.2) is 9.59 Å². The van der Waals surface area contributed by atoms with Crippen molar-refractivity contribution in [2.45, 2.75) is 18.9 Å². The predicted octanol–water partition coefficient (Wildman–Crippen LogP) is 1.49. The van der Waals surface area contributed by atoms with Crippen LogP contribution in [-0.4, -0.2) is 33.6 Å². The predicted molar refractivity (Wildman–Crippen MR) is 77.3 cm³/mol. The Labute approximate surface area is 124 Å². The highest BCUT2D eigenvalue weighted by Crippen LogP contribution is 2.29. The molecule has 0 aliphatic carbocycles. The summed E-state index contributed by atoms with van der Waals surface area (Å²) >= 11 is 1.40. The number of amides is 1. The summed E-state index contributed by atoms with van der Waals surface area (Å²) in [7, 11) is 0. The zero-order valence-corrected chi connectivity index (χ0v) is 11.9. The maximum absolute atomic E-state index is 11.5. The normalized spacial score (nSPS) is 11.3. The van der Waals surface area contributed by atoms with E-state index >= 15 is 0 Å². The molecule has 7 heteroatoms. The highest BCUT2D eigenvalue weighted by atomic mass is 32.1. The van der Waals surface area contributed by atoms with Crippen LogP contribution in [0.4, 0.5) is 0 Å². The van der Waals surface area contributed by atoms with Crippen molar-refractivity contribution in [3.8, 4) is 0 Å². The minimum Gasteiger partial charge on any atom is -0.479 e. The topological polar surface area (TPSA) is 104 Å². The molecule has 1 heterocycles. The third kappa shape index (κ3) is 2.73. The van der Waals surface area contributed by atoms with Crippen molar-refractivity contribution in [3.05, 3.63) is 35.2 Å². The van der Waals surface area contributed by atoms with E-state index in [9.17, 15) is 24.6 Å². The van der Waals surface area contributed by atoms with Crippen molar-refractivity contribution in [3.63, 3.8) is 0 Å². The number of carbonyl (C=O) groups is 3. The molecule has 110 valence electrons. The van der Waals surface area contributed by atoms with E-state index in [1.807, 2.05) is 12.1 Å². The first-order chi connectivity index (χ1) is 9.86. The summed E-state index contributed by atoms with van der Waals surface area (Å²) in [5, 5.41) is 23.2. The number of carbonyl (C=O) groups excluding carboxylic acids is 1. The summed E-state index contributed by atoms with van der Waals surface area (Å²) in [5.74, 6) is -3.90. The van der Waals surface area contributed by atoms with Gasteiger partial charge in [0.2, 0.25) is 11.4 Å². The standard InChI is InChI=1S/C14H13NO5S/c1-8(16)15-14(12(17)18,13(19)20)6-9-7-21-11-5-3-2-4-10(9)11/h2-5,7H,6H2,1H3,(H,15,16)(H,17,18)(H,19,20). The average molecular weight is 307 g/mol.